The van der Waals surface area contributed by atoms with Gasteiger partial charge in [-0.05, 0) is 12.8 Å². The summed E-state index contributed by atoms with van der Waals surface area (Å²) in [4.78, 5) is 0. The third-order valence-corrected chi connectivity index (χ3v) is 4.13. The van der Waals surface area contributed by atoms with Gasteiger partial charge >= 0.3 is 0 Å². The molecule has 0 heteroatoms. The Hall–Kier alpha value is 0. The molecule has 1 rings (SSSR count). The van der Waals surface area contributed by atoms with Gasteiger partial charge in [-0.25, -0.2) is 0 Å². The van der Waals surface area contributed by atoms with Gasteiger partial charge in [0.15, 0.2) is 0 Å². The predicted octanol–water partition coefficient (Wildman–Crippen LogP) is 6.65. The molecule has 0 aromatic carbocycles. The molecule has 1 fully saturated rings. The van der Waals surface area contributed by atoms with Crippen LogP contribution in [0, 0.1) is 12.8 Å². The van der Waals surface area contributed by atoms with Crippen LogP contribution >= 0.6 is 0 Å². The molecule has 0 nitrogen and oxygen atoms in total. The SMILES string of the molecule is [CH]1CCCCCC[CH]CCCCCCCCCC1. The van der Waals surface area contributed by atoms with Crippen molar-refractivity contribution in [3.05, 3.63) is 12.8 Å². The van der Waals surface area contributed by atoms with Gasteiger partial charge in [-0.3, -0.25) is 0 Å². The molecule has 0 aromatic rings. The highest BCUT2D eigenvalue weighted by Crippen LogP contribution is 2.15. The van der Waals surface area contributed by atoms with E-state index in [9.17, 15) is 0 Å². The summed E-state index contributed by atoms with van der Waals surface area (Å²) in [6.07, 6.45) is 28.0. The third kappa shape index (κ3) is 11.1. The molecule has 0 unspecified atom stereocenters. The fourth-order valence-corrected chi connectivity index (χ4v) is 2.86. The molecule has 0 bridgehead atoms. The van der Waals surface area contributed by atoms with Crippen molar-refractivity contribution in [1.82, 2.24) is 0 Å². The normalized spacial score (nSPS) is 24.0. The highest BCUT2D eigenvalue weighted by molar-refractivity contribution is 4.67. The Morgan fingerprint density at radius 1 is 0.278 bits per heavy atom. The van der Waals surface area contributed by atoms with Gasteiger partial charge in [0.2, 0.25) is 0 Å². The summed E-state index contributed by atoms with van der Waals surface area (Å²) in [5.41, 5.74) is 0. The molecule has 0 atom stereocenters. The van der Waals surface area contributed by atoms with Crippen molar-refractivity contribution in [3.8, 4) is 0 Å². The van der Waals surface area contributed by atoms with Crippen molar-refractivity contribution in [1.29, 1.82) is 0 Å². The monoisotopic (exact) mass is 250 g/mol. The molecule has 0 spiro atoms. The summed E-state index contributed by atoms with van der Waals surface area (Å²) in [5.74, 6) is 0. The van der Waals surface area contributed by atoms with E-state index in [0.717, 1.165) is 0 Å². The van der Waals surface area contributed by atoms with Gasteiger partial charge in [-0.15, -0.1) is 0 Å². The van der Waals surface area contributed by atoms with Gasteiger partial charge in [-0.1, -0.05) is 103 Å². The highest BCUT2D eigenvalue weighted by atomic mass is 14.0. The van der Waals surface area contributed by atoms with Crippen LogP contribution in [0.1, 0.15) is 103 Å². The lowest BCUT2D eigenvalue weighted by molar-refractivity contribution is 0.551. The zero-order chi connectivity index (χ0) is 12.7. The molecule has 0 amide bonds. The van der Waals surface area contributed by atoms with Crippen LogP contribution in [0.4, 0.5) is 0 Å². The van der Waals surface area contributed by atoms with Crippen LogP contribution in [0.2, 0.25) is 0 Å². The Morgan fingerprint density at radius 2 is 0.500 bits per heavy atom. The fourth-order valence-electron chi connectivity index (χ4n) is 2.86. The molecular weight excluding hydrogens is 216 g/mol. The first kappa shape index (κ1) is 16.1. The minimum absolute atomic E-state index is 1.36. The standard InChI is InChI=1S/C18H34/c1-2-4-6-8-10-12-14-16-18-17-15-13-11-9-7-5-3-1/h1,14H,2-13,15-18H2. The smallest absolute Gasteiger partial charge is 0.0386 e. The largest absolute Gasteiger partial charge is 0.0533 e. The fraction of sp³-hybridized carbons (Fsp3) is 0.889. The molecule has 1 saturated carbocycles. The molecule has 106 valence electrons. The first-order valence-corrected chi connectivity index (χ1v) is 8.63. The maximum atomic E-state index is 2.54. The van der Waals surface area contributed by atoms with Crippen LogP contribution < -0.4 is 0 Å². The maximum absolute atomic E-state index is 2.54. The molecule has 0 aliphatic heterocycles. The van der Waals surface area contributed by atoms with Crippen LogP contribution in [0.15, 0.2) is 0 Å². The van der Waals surface area contributed by atoms with E-state index in [1.54, 1.807) is 0 Å². The van der Waals surface area contributed by atoms with Gasteiger partial charge in [0.05, 0.1) is 0 Å². The lowest BCUT2D eigenvalue weighted by atomic mass is 10.0. The lowest BCUT2D eigenvalue weighted by Crippen LogP contribution is -1.86. The second-order valence-electron chi connectivity index (χ2n) is 5.97. The van der Waals surface area contributed by atoms with Crippen LogP contribution in [-0.2, 0) is 0 Å². The highest BCUT2D eigenvalue weighted by Gasteiger charge is 1.96. The molecule has 0 saturated heterocycles. The number of hydrogen-bond donors (Lipinski definition) is 0. The molecule has 0 N–H and O–H groups in total. The van der Waals surface area contributed by atoms with Crippen LogP contribution in [0.25, 0.3) is 0 Å². The van der Waals surface area contributed by atoms with Gasteiger partial charge < -0.3 is 0 Å². The quantitative estimate of drug-likeness (QED) is 0.451. The molecule has 0 heterocycles. The zero-order valence-corrected chi connectivity index (χ0v) is 12.5. The van der Waals surface area contributed by atoms with E-state index in [1.165, 1.54) is 103 Å². The Morgan fingerprint density at radius 3 is 0.778 bits per heavy atom. The van der Waals surface area contributed by atoms with Crippen LogP contribution in [-0.4, -0.2) is 0 Å². The Labute approximate surface area is 116 Å². The van der Waals surface area contributed by atoms with Crippen molar-refractivity contribution in [2.45, 2.75) is 103 Å². The van der Waals surface area contributed by atoms with E-state index in [0.29, 0.717) is 0 Å². The van der Waals surface area contributed by atoms with E-state index in [2.05, 4.69) is 12.8 Å². The Bertz CT molecular complexity index is 75.1. The molecule has 1 aliphatic carbocycles. The number of rotatable bonds is 0. The topological polar surface area (TPSA) is 0 Å². The first-order chi connectivity index (χ1) is 9.00. The average molecular weight is 250 g/mol. The second kappa shape index (κ2) is 13.4. The molecule has 1 aliphatic rings. The summed E-state index contributed by atoms with van der Waals surface area (Å²) >= 11 is 0. The van der Waals surface area contributed by atoms with Crippen molar-refractivity contribution in [3.63, 3.8) is 0 Å². The molecule has 18 heavy (non-hydrogen) atoms. The first-order valence-electron chi connectivity index (χ1n) is 8.63. The van der Waals surface area contributed by atoms with Crippen molar-refractivity contribution in [2.24, 2.45) is 0 Å². The predicted molar refractivity (Wildman–Crippen MR) is 82.5 cm³/mol. The average Bonchev–Trinajstić information content (AvgIpc) is 2.39. The summed E-state index contributed by atoms with van der Waals surface area (Å²) in [5, 5.41) is 0. The lowest BCUT2D eigenvalue weighted by Gasteiger charge is -2.05. The Kier molecular flexibility index (Phi) is 12.0. The summed E-state index contributed by atoms with van der Waals surface area (Å²) in [7, 11) is 0. The second-order valence-corrected chi connectivity index (χ2v) is 5.97. The van der Waals surface area contributed by atoms with E-state index >= 15 is 0 Å². The Balaban J connectivity index is 2.00. The van der Waals surface area contributed by atoms with E-state index in [1.807, 2.05) is 0 Å². The van der Waals surface area contributed by atoms with Crippen LogP contribution in [0.5, 0.6) is 0 Å². The van der Waals surface area contributed by atoms with E-state index in [4.69, 9.17) is 0 Å². The third-order valence-electron chi connectivity index (χ3n) is 4.13. The summed E-state index contributed by atoms with van der Waals surface area (Å²) in [6.45, 7) is 0. The van der Waals surface area contributed by atoms with E-state index in [-0.39, 0.29) is 0 Å². The minimum Gasteiger partial charge on any atom is -0.0533 e. The van der Waals surface area contributed by atoms with Crippen molar-refractivity contribution >= 4 is 0 Å². The van der Waals surface area contributed by atoms with Gasteiger partial charge in [0.25, 0.3) is 0 Å². The van der Waals surface area contributed by atoms with E-state index < -0.39 is 0 Å². The van der Waals surface area contributed by atoms with Gasteiger partial charge in [-0.2, -0.15) is 0 Å². The van der Waals surface area contributed by atoms with Gasteiger partial charge in [0, 0.05) is 0 Å². The molecule has 2 radical (unpaired) electrons. The minimum atomic E-state index is 1.36. The maximum Gasteiger partial charge on any atom is -0.0386 e. The molecular formula is C18H34. The van der Waals surface area contributed by atoms with Crippen molar-refractivity contribution in [2.75, 3.05) is 0 Å². The van der Waals surface area contributed by atoms with Crippen molar-refractivity contribution < 1.29 is 0 Å². The number of hydrogen-bond acceptors (Lipinski definition) is 0. The van der Waals surface area contributed by atoms with Crippen LogP contribution in [0.3, 0.4) is 0 Å². The molecule has 0 aromatic heterocycles. The van der Waals surface area contributed by atoms with Gasteiger partial charge in [0.1, 0.15) is 0 Å². The summed E-state index contributed by atoms with van der Waals surface area (Å²) in [6, 6.07) is 0. The summed E-state index contributed by atoms with van der Waals surface area (Å²) < 4.78 is 0. The zero-order valence-electron chi connectivity index (χ0n) is 12.5.